The van der Waals surface area contributed by atoms with E-state index >= 15 is 0 Å². The van der Waals surface area contributed by atoms with E-state index in [1.807, 2.05) is 6.92 Å². The number of hydrogen-bond donors (Lipinski definition) is 0. The molecule has 1 aromatic heterocycles. The number of hydrogen-bond acceptors (Lipinski definition) is 7. The van der Waals surface area contributed by atoms with Crippen LogP contribution in [0.2, 0.25) is 0 Å². The fourth-order valence-corrected chi connectivity index (χ4v) is 4.98. The predicted octanol–water partition coefficient (Wildman–Crippen LogP) is 3.28. The van der Waals surface area contributed by atoms with Crippen molar-refractivity contribution in [2.45, 2.75) is 26.2 Å². The van der Waals surface area contributed by atoms with Crippen molar-refractivity contribution in [3.8, 4) is 0 Å². The topological polar surface area (TPSA) is 52.2 Å². The zero-order valence-electron chi connectivity index (χ0n) is 17.3. The van der Waals surface area contributed by atoms with Crippen molar-refractivity contribution in [1.29, 1.82) is 0 Å². The molecular formula is C21H31N5O2S. The predicted molar refractivity (Wildman–Crippen MR) is 117 cm³/mol. The van der Waals surface area contributed by atoms with E-state index in [-0.39, 0.29) is 6.09 Å². The number of anilines is 1. The Morgan fingerprint density at radius 3 is 2.62 bits per heavy atom. The molecule has 0 aliphatic carbocycles. The van der Waals surface area contributed by atoms with Crippen molar-refractivity contribution in [2.75, 3.05) is 63.9 Å². The molecule has 0 radical (unpaired) electrons. The maximum atomic E-state index is 12.5. The lowest BCUT2D eigenvalue weighted by molar-refractivity contribution is -0.0323. The zero-order valence-corrected chi connectivity index (χ0v) is 18.1. The van der Waals surface area contributed by atoms with E-state index in [1.165, 1.54) is 16.5 Å². The van der Waals surface area contributed by atoms with Gasteiger partial charge in [-0.2, -0.15) is 4.37 Å². The van der Waals surface area contributed by atoms with Crippen LogP contribution < -0.4 is 4.90 Å². The summed E-state index contributed by atoms with van der Waals surface area (Å²) in [5, 5.41) is 5.16. The minimum Gasteiger partial charge on any atom is -0.447 e. The molecule has 0 N–H and O–H groups in total. The number of nitrogens with zero attached hydrogens (tertiary/aromatic N) is 5. The molecule has 2 aliphatic rings. The molecule has 158 valence electrons. The second-order valence-corrected chi connectivity index (χ2v) is 8.48. The van der Waals surface area contributed by atoms with Crippen LogP contribution in [0.3, 0.4) is 0 Å². The van der Waals surface area contributed by atoms with Crippen LogP contribution in [-0.4, -0.2) is 84.3 Å². The number of piperidine rings is 1. The minimum atomic E-state index is -0.207. The van der Waals surface area contributed by atoms with E-state index < -0.39 is 0 Å². The van der Waals surface area contributed by atoms with E-state index in [2.05, 4.69) is 43.4 Å². The third-order valence-electron chi connectivity index (χ3n) is 5.85. The number of amides is 1. The Morgan fingerprint density at radius 1 is 1.10 bits per heavy atom. The second kappa shape index (κ2) is 9.73. The standard InChI is InChI=1S/C21H31N5O2S/c1-2-26(25-10-6-3-7-11-25)21(27)28-17-16-23-12-14-24(15-13-23)20-18-8-4-5-9-19(18)29-22-20/h4-5,8-9H,2-3,6-7,10-17H2,1H3. The minimum absolute atomic E-state index is 0.207. The summed E-state index contributed by atoms with van der Waals surface area (Å²) in [6, 6.07) is 8.43. The Labute approximate surface area is 176 Å². The van der Waals surface area contributed by atoms with Gasteiger partial charge in [-0.15, -0.1) is 0 Å². The maximum absolute atomic E-state index is 12.5. The fourth-order valence-electron chi connectivity index (χ4n) is 4.18. The van der Waals surface area contributed by atoms with E-state index in [1.54, 1.807) is 16.5 Å². The monoisotopic (exact) mass is 417 g/mol. The number of hydrazine groups is 1. The number of carbonyl (C=O) groups excluding carboxylic acids is 1. The number of rotatable bonds is 6. The Hall–Kier alpha value is -1.90. The largest absolute Gasteiger partial charge is 0.447 e. The maximum Gasteiger partial charge on any atom is 0.424 e. The van der Waals surface area contributed by atoms with Crippen LogP contribution in [0.25, 0.3) is 10.1 Å². The van der Waals surface area contributed by atoms with Crippen molar-refractivity contribution in [3.05, 3.63) is 24.3 Å². The summed E-state index contributed by atoms with van der Waals surface area (Å²) in [6.45, 7) is 9.66. The number of carbonyl (C=O) groups is 1. The average molecular weight is 418 g/mol. The molecule has 0 spiro atoms. The lowest BCUT2D eigenvalue weighted by Crippen LogP contribution is -2.50. The number of piperazine rings is 1. The quantitative estimate of drug-likeness (QED) is 0.719. The molecule has 0 atom stereocenters. The second-order valence-electron chi connectivity index (χ2n) is 7.68. The number of benzene rings is 1. The van der Waals surface area contributed by atoms with Gasteiger partial charge in [-0.3, -0.25) is 4.90 Å². The van der Waals surface area contributed by atoms with E-state index in [0.717, 1.165) is 64.5 Å². The Morgan fingerprint density at radius 2 is 1.86 bits per heavy atom. The first-order valence-corrected chi connectivity index (χ1v) is 11.5. The first-order valence-electron chi connectivity index (χ1n) is 10.8. The summed E-state index contributed by atoms with van der Waals surface area (Å²) in [4.78, 5) is 17.2. The summed E-state index contributed by atoms with van der Waals surface area (Å²) < 4.78 is 11.5. The molecule has 2 fully saturated rings. The van der Waals surface area contributed by atoms with Crippen LogP contribution >= 0.6 is 11.5 Å². The number of ether oxygens (including phenoxy) is 1. The molecular weight excluding hydrogens is 386 g/mol. The van der Waals surface area contributed by atoms with Crippen LogP contribution in [-0.2, 0) is 4.74 Å². The van der Waals surface area contributed by atoms with Gasteiger partial charge in [0, 0.05) is 57.7 Å². The molecule has 0 unspecified atom stereocenters. The smallest absolute Gasteiger partial charge is 0.424 e. The van der Waals surface area contributed by atoms with Crippen molar-refractivity contribution in [3.63, 3.8) is 0 Å². The summed E-state index contributed by atoms with van der Waals surface area (Å²) in [5.74, 6) is 1.11. The summed E-state index contributed by atoms with van der Waals surface area (Å²) in [6.07, 6.45) is 3.36. The van der Waals surface area contributed by atoms with Gasteiger partial charge in [0.25, 0.3) is 0 Å². The van der Waals surface area contributed by atoms with E-state index in [9.17, 15) is 4.79 Å². The Kier molecular flexibility index (Phi) is 6.84. The van der Waals surface area contributed by atoms with Crippen LogP contribution in [0.1, 0.15) is 26.2 Å². The molecule has 2 aromatic rings. The van der Waals surface area contributed by atoms with Crippen LogP contribution in [0, 0.1) is 0 Å². The molecule has 3 heterocycles. The summed E-state index contributed by atoms with van der Waals surface area (Å²) >= 11 is 1.57. The SMILES string of the molecule is CCN(C(=O)OCCN1CCN(c2nsc3ccccc23)CC1)N1CCCCC1. The van der Waals surface area contributed by atoms with Gasteiger partial charge in [-0.1, -0.05) is 18.6 Å². The van der Waals surface area contributed by atoms with E-state index in [0.29, 0.717) is 13.2 Å². The van der Waals surface area contributed by atoms with Gasteiger partial charge in [0.15, 0.2) is 0 Å². The fraction of sp³-hybridized carbons (Fsp3) is 0.619. The normalized spacial score (nSPS) is 18.9. The van der Waals surface area contributed by atoms with Crippen LogP contribution in [0.15, 0.2) is 24.3 Å². The highest BCUT2D eigenvalue weighted by Gasteiger charge is 2.24. The van der Waals surface area contributed by atoms with Gasteiger partial charge in [0.2, 0.25) is 0 Å². The third kappa shape index (κ3) is 4.82. The van der Waals surface area contributed by atoms with E-state index in [4.69, 9.17) is 4.74 Å². The van der Waals surface area contributed by atoms with Crippen molar-refractivity contribution < 1.29 is 9.53 Å². The molecule has 2 aliphatic heterocycles. The summed E-state index contributed by atoms with van der Waals surface area (Å²) in [7, 11) is 0. The van der Waals surface area contributed by atoms with Crippen molar-refractivity contribution in [2.24, 2.45) is 0 Å². The van der Waals surface area contributed by atoms with Crippen LogP contribution in [0.5, 0.6) is 0 Å². The van der Waals surface area contributed by atoms with Gasteiger partial charge in [-0.05, 0) is 43.4 Å². The Balaban J connectivity index is 1.21. The molecule has 4 rings (SSSR count). The lowest BCUT2D eigenvalue weighted by Gasteiger charge is -2.36. The van der Waals surface area contributed by atoms with Gasteiger partial charge < -0.3 is 9.64 Å². The highest BCUT2D eigenvalue weighted by molar-refractivity contribution is 7.13. The van der Waals surface area contributed by atoms with Gasteiger partial charge in [0.05, 0.1) is 4.70 Å². The van der Waals surface area contributed by atoms with Gasteiger partial charge in [0.1, 0.15) is 12.4 Å². The molecule has 29 heavy (non-hydrogen) atoms. The molecule has 1 amide bonds. The van der Waals surface area contributed by atoms with Crippen LogP contribution in [0.4, 0.5) is 10.6 Å². The van der Waals surface area contributed by atoms with Gasteiger partial charge in [-0.25, -0.2) is 14.8 Å². The molecule has 0 saturated carbocycles. The average Bonchev–Trinajstić information content (AvgIpc) is 3.20. The van der Waals surface area contributed by atoms with Gasteiger partial charge >= 0.3 is 6.09 Å². The number of fused-ring (bicyclic) bond motifs is 1. The molecule has 8 heteroatoms. The first kappa shape index (κ1) is 20.4. The first-order chi connectivity index (χ1) is 14.3. The summed E-state index contributed by atoms with van der Waals surface area (Å²) in [5.41, 5.74) is 0. The highest BCUT2D eigenvalue weighted by atomic mass is 32.1. The molecule has 2 saturated heterocycles. The molecule has 0 bridgehead atoms. The molecule has 7 nitrogen and oxygen atoms in total. The van der Waals surface area contributed by atoms with Crippen molar-refractivity contribution in [1.82, 2.24) is 19.3 Å². The Bertz CT molecular complexity index is 799. The van der Waals surface area contributed by atoms with Crippen molar-refractivity contribution >= 4 is 33.5 Å². The zero-order chi connectivity index (χ0) is 20.1. The number of aromatic nitrogens is 1. The lowest BCUT2D eigenvalue weighted by atomic mass is 10.2. The third-order valence-corrected chi connectivity index (χ3v) is 6.66. The highest BCUT2D eigenvalue weighted by Crippen LogP contribution is 2.29. The molecule has 1 aromatic carbocycles.